The van der Waals surface area contributed by atoms with Crippen LogP contribution < -0.4 is 0 Å². The monoisotopic (exact) mass is 197 g/mol. The Bertz CT molecular complexity index is 224. The Balaban J connectivity index is 1.60. The van der Waals surface area contributed by atoms with Gasteiger partial charge in [-0.1, -0.05) is 0 Å². The molecular formula is C9H17N4O+. The fourth-order valence-electron chi connectivity index (χ4n) is 3.44. The molecule has 0 radical (unpaired) electrons. The lowest BCUT2D eigenvalue weighted by Crippen LogP contribution is -2.79. The topological polar surface area (TPSA) is 22.2 Å². The summed E-state index contributed by atoms with van der Waals surface area (Å²) >= 11 is 0. The van der Waals surface area contributed by atoms with E-state index in [2.05, 4.69) is 14.7 Å². The Labute approximate surface area is 84.0 Å². The van der Waals surface area contributed by atoms with Gasteiger partial charge in [-0.2, -0.15) is 0 Å². The zero-order valence-electron chi connectivity index (χ0n) is 8.43. The average molecular weight is 197 g/mol. The van der Waals surface area contributed by atoms with Gasteiger partial charge in [-0.05, 0) is 0 Å². The Morgan fingerprint density at radius 2 is 1.50 bits per heavy atom. The fraction of sp³-hybridized carbons (Fsp3) is 1.00. The van der Waals surface area contributed by atoms with E-state index in [-0.39, 0.29) is 0 Å². The van der Waals surface area contributed by atoms with Crippen LogP contribution in [0.3, 0.4) is 0 Å². The normalized spacial score (nSPS) is 59.1. The highest BCUT2D eigenvalue weighted by Crippen LogP contribution is 2.30. The van der Waals surface area contributed by atoms with Gasteiger partial charge in [0, 0.05) is 0 Å². The molecule has 5 heteroatoms. The average Bonchev–Trinajstić information content (AvgIpc) is 2.84. The van der Waals surface area contributed by atoms with Crippen LogP contribution in [-0.4, -0.2) is 78.5 Å². The number of rotatable bonds is 2. The summed E-state index contributed by atoms with van der Waals surface area (Å²) in [6, 6.07) is 0. The van der Waals surface area contributed by atoms with Gasteiger partial charge in [0.2, 0.25) is 0 Å². The summed E-state index contributed by atoms with van der Waals surface area (Å²) in [4.78, 5) is 7.66. The number of nitrogens with zero attached hydrogens (tertiary/aromatic N) is 4. The van der Waals surface area contributed by atoms with E-state index in [0.29, 0.717) is 6.10 Å². The first-order chi connectivity index (χ1) is 6.81. The van der Waals surface area contributed by atoms with E-state index >= 15 is 0 Å². The standard InChI is InChI=1S/C9H17N4O/c1(9-2-14-9)13-6-10-3-11(7-13)5-12(4-10)8-13/h9H,1-8H2/q+1. The van der Waals surface area contributed by atoms with Crippen molar-refractivity contribution in [1.29, 1.82) is 0 Å². The molecule has 0 spiro atoms. The molecule has 14 heavy (non-hydrogen) atoms. The van der Waals surface area contributed by atoms with Crippen molar-refractivity contribution in [1.82, 2.24) is 14.7 Å². The zero-order valence-corrected chi connectivity index (χ0v) is 8.43. The van der Waals surface area contributed by atoms with Gasteiger partial charge in [-0.15, -0.1) is 0 Å². The Morgan fingerprint density at radius 1 is 1.00 bits per heavy atom. The van der Waals surface area contributed by atoms with Gasteiger partial charge >= 0.3 is 0 Å². The van der Waals surface area contributed by atoms with E-state index in [0.717, 1.165) is 6.61 Å². The van der Waals surface area contributed by atoms with Crippen molar-refractivity contribution in [2.45, 2.75) is 6.10 Å². The minimum absolute atomic E-state index is 0.565. The SMILES string of the molecule is C1OC1C[N+]12CN3CN(CN(C3)C1)C2. The van der Waals surface area contributed by atoms with Crippen molar-refractivity contribution in [3.05, 3.63) is 0 Å². The molecule has 0 aromatic rings. The quantitative estimate of drug-likeness (QED) is 0.413. The molecule has 78 valence electrons. The Hall–Kier alpha value is -0.200. The largest absolute Gasteiger partial charge is 0.367 e. The van der Waals surface area contributed by atoms with Crippen molar-refractivity contribution >= 4 is 0 Å². The summed E-state index contributed by atoms with van der Waals surface area (Å²) in [7, 11) is 0. The van der Waals surface area contributed by atoms with Gasteiger partial charge in [0.15, 0.2) is 0 Å². The zero-order chi connectivity index (χ0) is 9.17. The molecule has 0 aromatic carbocycles. The molecule has 5 aliphatic heterocycles. The molecule has 0 N–H and O–H groups in total. The number of quaternary nitrogens is 1. The molecule has 0 amide bonds. The van der Waals surface area contributed by atoms with Crippen LogP contribution in [0.2, 0.25) is 0 Å². The van der Waals surface area contributed by atoms with Crippen LogP contribution in [0.4, 0.5) is 0 Å². The van der Waals surface area contributed by atoms with Gasteiger partial charge < -0.3 is 4.74 Å². The first-order valence-electron chi connectivity index (χ1n) is 5.45. The predicted molar refractivity (Wildman–Crippen MR) is 49.6 cm³/mol. The first kappa shape index (κ1) is 8.01. The third-order valence-electron chi connectivity index (χ3n) is 3.69. The second-order valence-corrected chi connectivity index (χ2v) is 5.34. The van der Waals surface area contributed by atoms with E-state index in [4.69, 9.17) is 4.74 Å². The Morgan fingerprint density at radius 3 is 1.93 bits per heavy atom. The lowest BCUT2D eigenvalue weighted by atomic mass is 10.2. The third-order valence-corrected chi connectivity index (χ3v) is 3.69. The van der Waals surface area contributed by atoms with Gasteiger partial charge in [-0.25, -0.2) is 14.7 Å². The molecule has 1 atom stereocenters. The lowest BCUT2D eigenvalue weighted by molar-refractivity contribution is -0.980. The molecule has 5 aliphatic rings. The van der Waals surface area contributed by atoms with Crippen LogP contribution in [0.25, 0.3) is 0 Å². The highest BCUT2D eigenvalue weighted by Gasteiger charge is 2.50. The summed E-state index contributed by atoms with van der Waals surface area (Å²) < 4.78 is 6.60. The van der Waals surface area contributed by atoms with E-state index < -0.39 is 0 Å². The van der Waals surface area contributed by atoms with Gasteiger partial charge in [0.25, 0.3) is 0 Å². The predicted octanol–water partition coefficient (Wildman–Crippen LogP) is -1.11. The summed E-state index contributed by atoms with van der Waals surface area (Å²) in [6.07, 6.45) is 0.565. The molecule has 1 unspecified atom stereocenters. The van der Waals surface area contributed by atoms with Crippen LogP contribution in [0, 0.1) is 0 Å². The number of epoxide rings is 1. The van der Waals surface area contributed by atoms with Gasteiger partial charge in [0.05, 0.1) is 26.6 Å². The van der Waals surface area contributed by atoms with Crippen molar-refractivity contribution in [3.8, 4) is 0 Å². The van der Waals surface area contributed by atoms with Crippen LogP contribution >= 0.6 is 0 Å². The second-order valence-electron chi connectivity index (χ2n) is 5.34. The molecule has 5 saturated heterocycles. The molecule has 0 aromatic heterocycles. The van der Waals surface area contributed by atoms with Crippen molar-refractivity contribution in [2.24, 2.45) is 0 Å². The van der Waals surface area contributed by atoms with Gasteiger partial charge in [-0.3, -0.25) is 4.48 Å². The van der Waals surface area contributed by atoms with Crippen LogP contribution in [0.15, 0.2) is 0 Å². The van der Waals surface area contributed by atoms with Crippen LogP contribution in [0.5, 0.6) is 0 Å². The fourth-order valence-corrected chi connectivity index (χ4v) is 3.44. The maximum Gasteiger partial charge on any atom is 0.139 e. The molecule has 5 heterocycles. The Kier molecular flexibility index (Phi) is 1.42. The third kappa shape index (κ3) is 1.14. The smallest absolute Gasteiger partial charge is 0.139 e. The molecule has 4 bridgehead atoms. The highest BCUT2D eigenvalue weighted by atomic mass is 16.6. The molecule has 5 fully saturated rings. The number of hydrogen-bond acceptors (Lipinski definition) is 4. The van der Waals surface area contributed by atoms with E-state index in [1.165, 1.54) is 51.0 Å². The molecule has 5 nitrogen and oxygen atoms in total. The lowest BCUT2D eigenvalue weighted by Gasteiger charge is -2.60. The van der Waals surface area contributed by atoms with E-state index in [1.807, 2.05) is 0 Å². The molecule has 0 saturated carbocycles. The second kappa shape index (κ2) is 2.48. The minimum Gasteiger partial charge on any atom is -0.367 e. The maximum absolute atomic E-state index is 5.38. The maximum atomic E-state index is 5.38. The summed E-state index contributed by atoms with van der Waals surface area (Å²) in [5.41, 5.74) is 0. The first-order valence-corrected chi connectivity index (χ1v) is 5.45. The van der Waals surface area contributed by atoms with Crippen molar-refractivity contribution in [2.75, 3.05) is 53.2 Å². The summed E-state index contributed by atoms with van der Waals surface area (Å²) in [5.74, 6) is 0. The van der Waals surface area contributed by atoms with Crippen molar-refractivity contribution in [3.63, 3.8) is 0 Å². The molecular weight excluding hydrogens is 180 g/mol. The van der Waals surface area contributed by atoms with Crippen LogP contribution in [-0.2, 0) is 4.74 Å². The van der Waals surface area contributed by atoms with E-state index in [9.17, 15) is 0 Å². The molecule has 0 aliphatic carbocycles. The number of ether oxygens (including phenoxy) is 1. The highest BCUT2D eigenvalue weighted by molar-refractivity contribution is 4.77. The minimum atomic E-state index is 0.565. The van der Waals surface area contributed by atoms with E-state index in [1.54, 1.807) is 0 Å². The number of hydrogen-bond donors (Lipinski definition) is 0. The van der Waals surface area contributed by atoms with Crippen molar-refractivity contribution < 1.29 is 9.22 Å². The van der Waals surface area contributed by atoms with Crippen LogP contribution in [0.1, 0.15) is 0 Å². The molecule has 5 rings (SSSR count). The summed E-state index contributed by atoms with van der Waals surface area (Å²) in [5, 5.41) is 0. The van der Waals surface area contributed by atoms with Gasteiger partial charge in [0.1, 0.15) is 32.7 Å². The summed E-state index contributed by atoms with van der Waals surface area (Å²) in [6.45, 7) is 9.50.